The minimum absolute atomic E-state index is 0.0126. The van der Waals surface area contributed by atoms with Gasteiger partial charge in [0.25, 0.3) is 0 Å². The van der Waals surface area contributed by atoms with Gasteiger partial charge in [-0.1, -0.05) is 35.0 Å². The third kappa shape index (κ3) is 4.72. The maximum absolute atomic E-state index is 12.2. The Labute approximate surface area is 150 Å². The van der Waals surface area contributed by atoms with Crippen molar-refractivity contribution in [1.29, 1.82) is 0 Å². The van der Waals surface area contributed by atoms with Gasteiger partial charge in [-0.3, -0.25) is 0 Å². The normalized spacial score (nSPS) is 16.4. The molecule has 1 saturated heterocycles. The van der Waals surface area contributed by atoms with Gasteiger partial charge >= 0.3 is 0 Å². The van der Waals surface area contributed by atoms with Gasteiger partial charge in [0, 0.05) is 10.9 Å². The second-order valence-corrected chi connectivity index (χ2v) is 9.04. The highest BCUT2D eigenvalue weighted by Crippen LogP contribution is 2.29. The molecular formula is C15H18ClN3O3S2. The van der Waals surface area contributed by atoms with Gasteiger partial charge in [-0.15, -0.1) is 0 Å². The molecule has 1 N–H and O–H groups in total. The Balaban J connectivity index is 1.58. The Kier molecular flexibility index (Phi) is 5.80. The molecule has 0 unspecified atom stereocenters. The number of rotatable bonds is 6. The van der Waals surface area contributed by atoms with Crippen molar-refractivity contribution in [2.45, 2.75) is 31.1 Å². The summed E-state index contributed by atoms with van der Waals surface area (Å²) in [6.07, 6.45) is 2.06. The highest BCUT2D eigenvalue weighted by molar-refractivity contribution is 7.99. The number of hydrogen-bond acceptors (Lipinski definition) is 6. The van der Waals surface area contributed by atoms with Crippen LogP contribution < -0.4 is 4.72 Å². The van der Waals surface area contributed by atoms with Crippen LogP contribution in [-0.4, -0.2) is 30.1 Å². The monoisotopic (exact) mass is 387 g/mol. The fourth-order valence-corrected chi connectivity index (χ4v) is 5.00. The lowest BCUT2D eigenvalue weighted by atomic mass is 10.0. The summed E-state index contributed by atoms with van der Waals surface area (Å²) in [5.74, 6) is 3.27. The van der Waals surface area contributed by atoms with E-state index in [2.05, 4.69) is 14.9 Å². The van der Waals surface area contributed by atoms with Crippen molar-refractivity contribution < 1.29 is 12.9 Å². The summed E-state index contributed by atoms with van der Waals surface area (Å²) in [5.41, 5.74) is 0.553. The fraction of sp³-hybridized carbons (Fsp3) is 0.467. The highest BCUT2D eigenvalue weighted by atomic mass is 35.5. The van der Waals surface area contributed by atoms with Crippen LogP contribution in [0.2, 0.25) is 5.02 Å². The Morgan fingerprint density at radius 2 is 2.04 bits per heavy atom. The molecule has 0 radical (unpaired) electrons. The predicted molar refractivity (Wildman–Crippen MR) is 94.5 cm³/mol. The average Bonchev–Trinajstić information content (AvgIpc) is 3.05. The van der Waals surface area contributed by atoms with Crippen LogP contribution in [0.25, 0.3) is 0 Å². The van der Waals surface area contributed by atoms with E-state index in [9.17, 15) is 8.42 Å². The molecule has 0 amide bonds. The summed E-state index contributed by atoms with van der Waals surface area (Å²) in [4.78, 5) is 4.32. The Hall–Kier alpha value is -1.09. The van der Waals surface area contributed by atoms with Crippen molar-refractivity contribution in [2.24, 2.45) is 0 Å². The van der Waals surface area contributed by atoms with Crippen LogP contribution in [0.1, 0.15) is 36.0 Å². The molecule has 0 atom stereocenters. The Morgan fingerprint density at radius 1 is 1.29 bits per heavy atom. The van der Waals surface area contributed by atoms with Crippen molar-refractivity contribution in [3.05, 3.63) is 46.6 Å². The molecule has 9 heteroatoms. The van der Waals surface area contributed by atoms with E-state index in [1.807, 2.05) is 11.8 Å². The maximum atomic E-state index is 12.2. The zero-order valence-corrected chi connectivity index (χ0v) is 15.3. The minimum atomic E-state index is -3.54. The van der Waals surface area contributed by atoms with Gasteiger partial charge in [0.15, 0.2) is 5.82 Å². The van der Waals surface area contributed by atoms with E-state index < -0.39 is 10.0 Å². The summed E-state index contributed by atoms with van der Waals surface area (Å²) in [6, 6.07) is 6.87. The van der Waals surface area contributed by atoms with Crippen LogP contribution in [0.15, 0.2) is 28.8 Å². The smallest absolute Gasteiger partial charge is 0.241 e. The average molecular weight is 388 g/mol. The second kappa shape index (κ2) is 7.86. The van der Waals surface area contributed by atoms with Crippen LogP contribution >= 0.6 is 23.4 Å². The number of benzene rings is 1. The van der Waals surface area contributed by atoms with E-state index in [0.29, 0.717) is 22.3 Å². The minimum Gasteiger partial charge on any atom is -0.338 e. The summed E-state index contributed by atoms with van der Waals surface area (Å²) in [6.45, 7) is -0.0126. The molecule has 1 aromatic heterocycles. The molecule has 130 valence electrons. The number of aromatic nitrogens is 2. The highest BCUT2D eigenvalue weighted by Gasteiger charge is 2.22. The summed E-state index contributed by atoms with van der Waals surface area (Å²) >= 11 is 7.93. The van der Waals surface area contributed by atoms with E-state index in [0.717, 1.165) is 24.3 Å². The van der Waals surface area contributed by atoms with Gasteiger partial charge in [-0.2, -0.15) is 16.7 Å². The molecule has 24 heavy (non-hydrogen) atoms. The van der Waals surface area contributed by atoms with Gasteiger partial charge < -0.3 is 4.52 Å². The zero-order chi connectivity index (χ0) is 17.0. The maximum Gasteiger partial charge on any atom is 0.241 e. The molecule has 2 aromatic rings. The number of nitrogens with one attached hydrogen (secondary N) is 1. The molecule has 0 aliphatic carbocycles. The predicted octanol–water partition coefficient (Wildman–Crippen LogP) is 2.95. The lowest BCUT2D eigenvalue weighted by molar-refractivity contribution is 0.365. The topological polar surface area (TPSA) is 85.1 Å². The first kappa shape index (κ1) is 17.7. The molecule has 1 aromatic carbocycles. The lowest BCUT2D eigenvalue weighted by Crippen LogP contribution is -2.25. The van der Waals surface area contributed by atoms with Crippen LogP contribution in [-0.2, 0) is 22.3 Å². The molecule has 3 rings (SSSR count). The van der Waals surface area contributed by atoms with Crippen LogP contribution in [0.4, 0.5) is 0 Å². The first-order valence-corrected chi connectivity index (χ1v) is 10.8. The molecule has 1 aliphatic heterocycles. The number of halogens is 1. The zero-order valence-electron chi connectivity index (χ0n) is 12.9. The van der Waals surface area contributed by atoms with Crippen LogP contribution in [0, 0.1) is 0 Å². The SMILES string of the molecule is O=S(=O)(Cc1ccccc1Cl)NCc1nc(C2CCSCC2)no1. The van der Waals surface area contributed by atoms with Gasteiger partial charge in [-0.05, 0) is 36.0 Å². The fourth-order valence-electron chi connectivity index (χ4n) is 2.50. The Morgan fingerprint density at radius 3 is 2.79 bits per heavy atom. The molecule has 6 nitrogen and oxygen atoms in total. The Bertz CT molecular complexity index is 789. The third-order valence-electron chi connectivity index (χ3n) is 3.82. The number of hydrogen-bond donors (Lipinski definition) is 1. The summed E-state index contributed by atoms with van der Waals surface area (Å²) < 4.78 is 32.0. The van der Waals surface area contributed by atoms with Gasteiger partial charge in [0.2, 0.25) is 15.9 Å². The van der Waals surface area contributed by atoms with E-state index in [-0.39, 0.29) is 18.2 Å². The van der Waals surface area contributed by atoms with E-state index in [4.69, 9.17) is 16.1 Å². The van der Waals surface area contributed by atoms with E-state index >= 15 is 0 Å². The van der Waals surface area contributed by atoms with Gasteiger partial charge in [0.05, 0.1) is 12.3 Å². The summed E-state index contributed by atoms with van der Waals surface area (Å²) in [5, 5.41) is 4.42. The first-order valence-electron chi connectivity index (χ1n) is 7.64. The molecule has 1 fully saturated rings. The van der Waals surface area contributed by atoms with Gasteiger partial charge in [0.1, 0.15) is 0 Å². The molecule has 0 saturated carbocycles. The van der Waals surface area contributed by atoms with Crippen LogP contribution in [0.5, 0.6) is 0 Å². The lowest BCUT2D eigenvalue weighted by Gasteiger charge is -2.17. The second-order valence-electron chi connectivity index (χ2n) is 5.60. The largest absolute Gasteiger partial charge is 0.338 e. The third-order valence-corrected chi connectivity index (χ3v) is 6.51. The van der Waals surface area contributed by atoms with Crippen molar-refractivity contribution in [2.75, 3.05) is 11.5 Å². The van der Waals surface area contributed by atoms with Crippen LogP contribution in [0.3, 0.4) is 0 Å². The summed E-state index contributed by atoms with van der Waals surface area (Å²) in [7, 11) is -3.54. The standard InChI is InChI=1S/C15H18ClN3O3S2/c16-13-4-2-1-3-12(13)10-24(20,21)17-9-14-18-15(19-22-14)11-5-7-23-8-6-11/h1-4,11,17H,5-10H2. The quantitative estimate of drug-likeness (QED) is 0.820. The molecule has 1 aliphatic rings. The number of sulfonamides is 1. The number of thioether (sulfide) groups is 1. The van der Waals surface area contributed by atoms with Crippen molar-refractivity contribution in [3.8, 4) is 0 Å². The van der Waals surface area contributed by atoms with Crippen molar-refractivity contribution >= 4 is 33.4 Å². The van der Waals surface area contributed by atoms with Crippen molar-refractivity contribution in [3.63, 3.8) is 0 Å². The van der Waals surface area contributed by atoms with E-state index in [1.54, 1.807) is 24.3 Å². The molecule has 0 bridgehead atoms. The van der Waals surface area contributed by atoms with Crippen molar-refractivity contribution in [1.82, 2.24) is 14.9 Å². The number of nitrogens with zero attached hydrogens (tertiary/aromatic N) is 2. The first-order chi connectivity index (χ1) is 11.5. The molecule has 0 spiro atoms. The van der Waals surface area contributed by atoms with Gasteiger partial charge in [-0.25, -0.2) is 13.1 Å². The molecule has 2 heterocycles. The van der Waals surface area contributed by atoms with E-state index in [1.165, 1.54) is 0 Å². The molecular weight excluding hydrogens is 370 g/mol.